The van der Waals surface area contributed by atoms with Gasteiger partial charge in [0.05, 0.1) is 28.1 Å². The van der Waals surface area contributed by atoms with Crippen LogP contribution in [0.4, 0.5) is 17.1 Å². The van der Waals surface area contributed by atoms with Crippen LogP contribution in [-0.2, 0) is 0 Å². The zero-order valence-electron chi connectivity index (χ0n) is 33.2. The summed E-state index contributed by atoms with van der Waals surface area (Å²) in [6.07, 6.45) is 0. The minimum absolute atomic E-state index is 0.876. The van der Waals surface area contributed by atoms with Gasteiger partial charge in [-0.05, 0) is 76.7 Å². The van der Waals surface area contributed by atoms with Crippen LogP contribution in [0.1, 0.15) is 0 Å². The Balaban J connectivity index is 1.06. The Bertz CT molecular complexity index is 3540. The number of aromatic nitrogens is 1. The van der Waals surface area contributed by atoms with Gasteiger partial charge in [-0.3, -0.25) is 0 Å². The molecule has 0 unspecified atom stereocenters. The highest BCUT2D eigenvalue weighted by atomic mass is 16.3. The highest BCUT2D eigenvalue weighted by molar-refractivity contribution is 6.20. The van der Waals surface area contributed by atoms with E-state index in [1.165, 1.54) is 32.8 Å². The van der Waals surface area contributed by atoms with Crippen molar-refractivity contribution >= 4 is 71.6 Å². The van der Waals surface area contributed by atoms with Gasteiger partial charge in [-0.25, -0.2) is 0 Å². The van der Waals surface area contributed by atoms with Gasteiger partial charge in [0.2, 0.25) is 0 Å². The predicted octanol–water partition coefficient (Wildman–Crippen LogP) is 16.3. The van der Waals surface area contributed by atoms with Crippen LogP contribution in [0, 0.1) is 0 Å². The molecule has 0 aliphatic heterocycles. The van der Waals surface area contributed by atoms with Crippen LogP contribution in [-0.4, -0.2) is 4.57 Å². The molecule has 0 amide bonds. The van der Waals surface area contributed by atoms with Crippen LogP contribution in [0.5, 0.6) is 0 Å². The highest BCUT2D eigenvalue weighted by Crippen LogP contribution is 2.48. The highest BCUT2D eigenvalue weighted by Gasteiger charge is 2.23. The molecule has 0 atom stereocenters. The van der Waals surface area contributed by atoms with Crippen molar-refractivity contribution in [2.24, 2.45) is 0 Å². The first-order valence-electron chi connectivity index (χ1n) is 20.9. The van der Waals surface area contributed by atoms with Crippen LogP contribution < -0.4 is 4.90 Å². The number of hydrogen-bond donors (Lipinski definition) is 0. The standard InChI is InChI=1S/C58H38N2O/c1-2-17-39(18-3-1)43-20-6-11-27-51(43)59(53-29-13-10-25-48(53)49-26-16-32-56-57(49)50-38-35-40-19-4-5-22-45(40)58(50)61-56)42-36-33-41(34-37-42)44-21-7-12-28-52(44)60-54-30-14-8-23-46(54)47-24-9-15-31-55(47)60/h1-38H. The van der Waals surface area contributed by atoms with Crippen molar-refractivity contribution in [3.05, 3.63) is 231 Å². The summed E-state index contributed by atoms with van der Waals surface area (Å²) in [7, 11) is 0. The SMILES string of the molecule is c1ccc(-c2ccccc2N(c2ccc(-c3ccccc3-n3c4ccccc4c4ccccc43)cc2)c2ccccc2-c2cccc3oc4c5ccccc5ccc4c23)cc1. The first-order valence-corrected chi connectivity index (χ1v) is 20.9. The molecule has 3 heteroatoms. The third kappa shape index (κ3) is 5.66. The predicted molar refractivity (Wildman–Crippen MR) is 257 cm³/mol. The van der Waals surface area contributed by atoms with Gasteiger partial charge < -0.3 is 13.9 Å². The van der Waals surface area contributed by atoms with E-state index in [1.807, 2.05) is 0 Å². The molecule has 12 aromatic rings. The normalized spacial score (nSPS) is 11.6. The minimum atomic E-state index is 0.876. The van der Waals surface area contributed by atoms with Crippen LogP contribution in [0.3, 0.4) is 0 Å². The van der Waals surface area contributed by atoms with Crippen LogP contribution in [0.25, 0.3) is 93.6 Å². The Kier molecular flexibility index (Phi) is 8.17. The molecule has 0 fully saturated rings. The number of anilines is 3. The molecule has 61 heavy (non-hydrogen) atoms. The monoisotopic (exact) mass is 778 g/mol. The number of benzene rings is 10. The number of para-hydroxylation sites is 5. The molecule has 286 valence electrons. The fourth-order valence-corrected chi connectivity index (χ4v) is 9.50. The van der Waals surface area contributed by atoms with E-state index in [4.69, 9.17) is 4.42 Å². The van der Waals surface area contributed by atoms with Crippen molar-refractivity contribution in [3.8, 4) is 39.1 Å². The number of rotatable bonds is 7. The maximum Gasteiger partial charge on any atom is 0.143 e. The zero-order valence-corrected chi connectivity index (χ0v) is 33.2. The molecule has 2 heterocycles. The maximum atomic E-state index is 6.70. The third-order valence-corrected chi connectivity index (χ3v) is 12.2. The molecule has 3 nitrogen and oxygen atoms in total. The van der Waals surface area contributed by atoms with Crippen LogP contribution in [0.15, 0.2) is 235 Å². The number of furan rings is 1. The lowest BCUT2D eigenvalue weighted by atomic mass is 9.95. The Morgan fingerprint density at radius 2 is 0.902 bits per heavy atom. The van der Waals surface area contributed by atoms with Crippen LogP contribution in [0.2, 0.25) is 0 Å². The molecular formula is C58H38N2O. The van der Waals surface area contributed by atoms with Crippen molar-refractivity contribution < 1.29 is 4.42 Å². The molecule has 0 aliphatic carbocycles. The first kappa shape index (κ1) is 34.9. The number of nitrogens with zero attached hydrogens (tertiary/aromatic N) is 2. The summed E-state index contributed by atoms with van der Waals surface area (Å²) in [4.78, 5) is 2.43. The van der Waals surface area contributed by atoms with Gasteiger partial charge in [0.25, 0.3) is 0 Å². The van der Waals surface area contributed by atoms with E-state index in [-0.39, 0.29) is 0 Å². The minimum Gasteiger partial charge on any atom is -0.455 e. The fraction of sp³-hybridized carbons (Fsp3) is 0. The summed E-state index contributed by atoms with van der Waals surface area (Å²) in [5, 5.41) is 7.02. The molecule has 0 bridgehead atoms. The van der Waals surface area contributed by atoms with E-state index in [0.29, 0.717) is 0 Å². The summed E-state index contributed by atoms with van der Waals surface area (Å²) in [5.74, 6) is 0. The summed E-state index contributed by atoms with van der Waals surface area (Å²) in [6.45, 7) is 0. The van der Waals surface area contributed by atoms with Gasteiger partial charge in [-0.2, -0.15) is 0 Å². The van der Waals surface area contributed by atoms with Gasteiger partial charge in [0.1, 0.15) is 11.2 Å². The molecule has 12 rings (SSSR count). The molecule has 10 aromatic carbocycles. The molecule has 0 N–H and O–H groups in total. The van der Waals surface area contributed by atoms with E-state index in [0.717, 1.165) is 77.9 Å². The van der Waals surface area contributed by atoms with E-state index in [2.05, 4.69) is 240 Å². The Morgan fingerprint density at radius 3 is 1.66 bits per heavy atom. The molecule has 0 saturated heterocycles. The second-order valence-corrected chi connectivity index (χ2v) is 15.6. The summed E-state index contributed by atoms with van der Waals surface area (Å²) < 4.78 is 9.11. The van der Waals surface area contributed by atoms with E-state index >= 15 is 0 Å². The van der Waals surface area contributed by atoms with Gasteiger partial charge >= 0.3 is 0 Å². The van der Waals surface area contributed by atoms with Crippen molar-refractivity contribution in [1.29, 1.82) is 0 Å². The largest absolute Gasteiger partial charge is 0.455 e. The molecule has 0 saturated carbocycles. The Hall–Kier alpha value is -8.14. The molecule has 0 aliphatic rings. The van der Waals surface area contributed by atoms with Crippen LogP contribution >= 0.6 is 0 Å². The summed E-state index contributed by atoms with van der Waals surface area (Å²) in [5.41, 5.74) is 15.4. The quantitative estimate of drug-likeness (QED) is 0.161. The van der Waals surface area contributed by atoms with Gasteiger partial charge in [-0.1, -0.05) is 176 Å². The van der Waals surface area contributed by atoms with Crippen molar-refractivity contribution in [2.45, 2.75) is 0 Å². The fourth-order valence-electron chi connectivity index (χ4n) is 9.50. The van der Waals surface area contributed by atoms with Crippen molar-refractivity contribution in [1.82, 2.24) is 4.57 Å². The van der Waals surface area contributed by atoms with Gasteiger partial charge in [0, 0.05) is 49.3 Å². The smallest absolute Gasteiger partial charge is 0.143 e. The molecule has 0 spiro atoms. The maximum absolute atomic E-state index is 6.70. The Labute approximate surface area is 353 Å². The lowest BCUT2D eigenvalue weighted by Crippen LogP contribution is -2.12. The lowest BCUT2D eigenvalue weighted by Gasteiger charge is -2.30. The second-order valence-electron chi connectivity index (χ2n) is 15.6. The third-order valence-electron chi connectivity index (χ3n) is 12.2. The van der Waals surface area contributed by atoms with E-state index in [9.17, 15) is 0 Å². The average molecular weight is 779 g/mol. The molecule has 0 radical (unpaired) electrons. The Morgan fingerprint density at radius 1 is 0.344 bits per heavy atom. The number of hydrogen-bond acceptors (Lipinski definition) is 2. The molecular weight excluding hydrogens is 741 g/mol. The number of fused-ring (bicyclic) bond motifs is 8. The van der Waals surface area contributed by atoms with Gasteiger partial charge in [0.15, 0.2) is 0 Å². The van der Waals surface area contributed by atoms with Crippen molar-refractivity contribution in [2.75, 3.05) is 4.90 Å². The lowest BCUT2D eigenvalue weighted by molar-refractivity contribution is 0.673. The zero-order chi connectivity index (χ0) is 40.3. The van der Waals surface area contributed by atoms with E-state index in [1.54, 1.807) is 0 Å². The van der Waals surface area contributed by atoms with E-state index < -0.39 is 0 Å². The second kappa shape index (κ2) is 14.3. The average Bonchev–Trinajstić information content (AvgIpc) is 3.89. The first-order chi connectivity index (χ1) is 30.3. The van der Waals surface area contributed by atoms with Crippen molar-refractivity contribution in [3.63, 3.8) is 0 Å². The summed E-state index contributed by atoms with van der Waals surface area (Å²) >= 11 is 0. The topological polar surface area (TPSA) is 21.3 Å². The van der Waals surface area contributed by atoms with Gasteiger partial charge in [-0.15, -0.1) is 0 Å². The summed E-state index contributed by atoms with van der Waals surface area (Å²) in [6, 6.07) is 82.8. The molecule has 2 aromatic heterocycles.